The van der Waals surface area contributed by atoms with Crippen LogP contribution in [0.5, 0.6) is 5.75 Å². The molecule has 1 saturated carbocycles. The normalized spacial score (nSPS) is 21.1. The number of ether oxygens (including phenoxy) is 3. The fraction of sp³-hybridized carbons (Fsp3) is 0.464. The number of hydrogen-bond donors (Lipinski definition) is 0. The monoisotopic (exact) mass is 487 g/mol. The van der Waals surface area contributed by atoms with Crippen molar-refractivity contribution in [3.8, 4) is 11.8 Å². The second-order valence-electron chi connectivity index (χ2n) is 10.9. The van der Waals surface area contributed by atoms with Crippen LogP contribution in [-0.2, 0) is 26.2 Å². The SMILES string of the molecule is Cc1cc(C#N)cnc1C(=O)Cc1ccc2c(c1)C1(COC(CC(=O)OC(C)(C)C)=N1)C1(CC1)CO2. The average molecular weight is 488 g/mol. The van der Waals surface area contributed by atoms with Crippen molar-refractivity contribution in [2.45, 2.75) is 64.5 Å². The number of fused-ring (bicyclic) bond motifs is 3. The predicted octanol–water partition coefficient (Wildman–Crippen LogP) is 4.22. The number of ketones is 1. The zero-order chi connectivity index (χ0) is 25.7. The summed E-state index contributed by atoms with van der Waals surface area (Å²) in [5.41, 5.74) is 1.76. The van der Waals surface area contributed by atoms with Crippen molar-refractivity contribution >= 4 is 17.7 Å². The lowest BCUT2D eigenvalue weighted by Crippen LogP contribution is -2.44. The fourth-order valence-electron chi connectivity index (χ4n) is 5.13. The highest BCUT2D eigenvalue weighted by Crippen LogP contribution is 2.65. The second kappa shape index (κ2) is 8.44. The number of hydrogen-bond acceptors (Lipinski definition) is 8. The first kappa shape index (κ1) is 24.0. The Morgan fingerprint density at radius 2 is 1.92 bits per heavy atom. The van der Waals surface area contributed by atoms with Crippen molar-refractivity contribution in [3.63, 3.8) is 0 Å². The van der Waals surface area contributed by atoms with Gasteiger partial charge in [0.25, 0.3) is 0 Å². The molecular weight excluding hydrogens is 458 g/mol. The Hall–Kier alpha value is -3.73. The Morgan fingerprint density at radius 1 is 1.14 bits per heavy atom. The summed E-state index contributed by atoms with van der Waals surface area (Å²) < 4.78 is 17.6. The number of pyridine rings is 1. The number of nitrogens with zero attached hydrogens (tertiary/aromatic N) is 3. The number of benzene rings is 1. The van der Waals surface area contributed by atoms with Gasteiger partial charge in [-0.15, -0.1) is 0 Å². The highest BCUT2D eigenvalue weighted by molar-refractivity contribution is 5.97. The Labute approximate surface area is 210 Å². The first-order valence-electron chi connectivity index (χ1n) is 12.1. The molecule has 36 heavy (non-hydrogen) atoms. The molecular formula is C28H29N3O5. The molecule has 2 aliphatic heterocycles. The van der Waals surface area contributed by atoms with Crippen LogP contribution in [0.3, 0.4) is 0 Å². The van der Waals surface area contributed by atoms with Crippen LogP contribution in [0.25, 0.3) is 0 Å². The standard InChI is InChI=1S/C28H29N3O5/c1-17-9-19(13-29)14-30-25(17)21(32)11-18-5-6-22-20(10-18)28(27(7-8-27)15-34-22)16-35-23(31-28)12-24(33)36-26(2,3)4/h5-6,9-10,14H,7-8,11-12,15-16H2,1-4H3. The van der Waals surface area contributed by atoms with E-state index in [0.717, 1.165) is 29.7 Å². The molecule has 3 aliphatic rings. The Balaban J connectivity index is 1.44. The van der Waals surface area contributed by atoms with Crippen LogP contribution < -0.4 is 4.74 Å². The lowest BCUT2D eigenvalue weighted by molar-refractivity contribution is -0.153. The summed E-state index contributed by atoms with van der Waals surface area (Å²) in [6, 6.07) is 9.46. The van der Waals surface area contributed by atoms with Gasteiger partial charge in [0, 0.05) is 23.6 Å². The third-order valence-corrected chi connectivity index (χ3v) is 7.04. The molecule has 0 saturated heterocycles. The largest absolute Gasteiger partial charge is 0.493 e. The van der Waals surface area contributed by atoms with Crippen molar-refractivity contribution in [1.82, 2.24) is 4.98 Å². The molecule has 1 unspecified atom stereocenters. The second-order valence-corrected chi connectivity index (χ2v) is 10.9. The first-order valence-corrected chi connectivity index (χ1v) is 12.1. The van der Waals surface area contributed by atoms with Gasteiger partial charge in [0.05, 0.1) is 12.2 Å². The summed E-state index contributed by atoms with van der Waals surface area (Å²) >= 11 is 0. The van der Waals surface area contributed by atoms with E-state index in [-0.39, 0.29) is 30.0 Å². The molecule has 0 radical (unpaired) electrons. The smallest absolute Gasteiger partial charge is 0.315 e. The van der Waals surface area contributed by atoms with Crippen LogP contribution in [0.4, 0.5) is 0 Å². The zero-order valence-electron chi connectivity index (χ0n) is 21.0. The third kappa shape index (κ3) is 4.23. The predicted molar refractivity (Wildman–Crippen MR) is 131 cm³/mol. The molecule has 1 fully saturated rings. The van der Waals surface area contributed by atoms with Crippen LogP contribution in [0.2, 0.25) is 0 Å². The maximum absolute atomic E-state index is 13.1. The summed E-state index contributed by atoms with van der Waals surface area (Å²) in [6.07, 6.45) is 3.47. The molecule has 8 nitrogen and oxygen atoms in total. The van der Waals surface area contributed by atoms with Crippen molar-refractivity contribution in [3.05, 3.63) is 58.4 Å². The van der Waals surface area contributed by atoms with Crippen LogP contribution in [0.15, 0.2) is 35.5 Å². The van der Waals surface area contributed by atoms with Gasteiger partial charge in [-0.3, -0.25) is 14.6 Å². The number of nitriles is 1. The van der Waals surface area contributed by atoms with Crippen molar-refractivity contribution in [2.75, 3.05) is 13.2 Å². The van der Waals surface area contributed by atoms with Gasteiger partial charge in [-0.25, -0.2) is 4.99 Å². The molecule has 0 amide bonds. The van der Waals surface area contributed by atoms with Gasteiger partial charge >= 0.3 is 5.97 Å². The average Bonchev–Trinajstić information content (AvgIpc) is 3.48. The molecule has 1 aromatic heterocycles. The topological polar surface area (TPSA) is 111 Å². The van der Waals surface area contributed by atoms with Gasteiger partial charge in [-0.2, -0.15) is 5.26 Å². The quantitative estimate of drug-likeness (QED) is 0.459. The molecule has 2 aromatic rings. The number of esters is 1. The number of aryl methyl sites for hydroxylation is 1. The van der Waals surface area contributed by atoms with Gasteiger partial charge in [-0.1, -0.05) is 6.07 Å². The highest BCUT2D eigenvalue weighted by atomic mass is 16.6. The van der Waals surface area contributed by atoms with Crippen LogP contribution in [0.1, 0.15) is 72.8 Å². The van der Waals surface area contributed by atoms with E-state index in [0.29, 0.717) is 35.9 Å². The Morgan fingerprint density at radius 3 is 2.58 bits per heavy atom. The van der Waals surface area contributed by atoms with E-state index < -0.39 is 11.1 Å². The molecule has 1 aromatic carbocycles. The van der Waals surface area contributed by atoms with E-state index in [1.165, 1.54) is 6.20 Å². The van der Waals surface area contributed by atoms with E-state index in [1.807, 2.05) is 45.0 Å². The minimum absolute atomic E-state index is 0.0207. The molecule has 2 spiro atoms. The van der Waals surface area contributed by atoms with Crippen LogP contribution in [-0.4, -0.2) is 41.4 Å². The minimum Gasteiger partial charge on any atom is -0.493 e. The van der Waals surface area contributed by atoms with E-state index in [2.05, 4.69) is 4.98 Å². The first-order chi connectivity index (χ1) is 17.0. The van der Waals surface area contributed by atoms with Crippen molar-refractivity contribution in [2.24, 2.45) is 10.4 Å². The maximum Gasteiger partial charge on any atom is 0.315 e. The number of carbonyl (C=O) groups excluding carboxylic acids is 2. The number of carbonyl (C=O) groups is 2. The van der Waals surface area contributed by atoms with Crippen molar-refractivity contribution in [1.29, 1.82) is 5.26 Å². The number of rotatable bonds is 5. The summed E-state index contributed by atoms with van der Waals surface area (Å²) in [5, 5.41) is 9.07. The highest BCUT2D eigenvalue weighted by Gasteiger charge is 2.66. The molecule has 1 aliphatic carbocycles. The summed E-state index contributed by atoms with van der Waals surface area (Å²) in [5.74, 6) is 0.602. The molecule has 8 heteroatoms. The summed E-state index contributed by atoms with van der Waals surface area (Å²) in [7, 11) is 0. The Bertz CT molecular complexity index is 1330. The van der Waals surface area contributed by atoms with E-state index >= 15 is 0 Å². The summed E-state index contributed by atoms with van der Waals surface area (Å²) in [4.78, 5) is 34.7. The fourth-order valence-corrected chi connectivity index (χ4v) is 5.13. The van der Waals surface area contributed by atoms with Gasteiger partial charge in [0.1, 0.15) is 41.7 Å². The molecule has 0 N–H and O–H groups in total. The lowest BCUT2D eigenvalue weighted by Gasteiger charge is -2.39. The zero-order valence-corrected chi connectivity index (χ0v) is 21.0. The van der Waals surface area contributed by atoms with E-state index in [9.17, 15) is 9.59 Å². The molecule has 1 atom stereocenters. The number of Topliss-reactive ketones (excluding diaryl/α,β-unsaturated/α-hetero) is 1. The maximum atomic E-state index is 13.1. The molecule has 186 valence electrons. The van der Waals surface area contributed by atoms with Gasteiger partial charge in [0.15, 0.2) is 11.7 Å². The minimum atomic E-state index is -0.653. The van der Waals surface area contributed by atoms with Crippen LogP contribution >= 0.6 is 0 Å². The molecule has 5 rings (SSSR count). The van der Waals surface area contributed by atoms with E-state index in [1.54, 1.807) is 13.0 Å². The van der Waals surface area contributed by atoms with Crippen molar-refractivity contribution < 1.29 is 23.8 Å². The third-order valence-electron chi connectivity index (χ3n) is 7.04. The number of aliphatic imine (C=N–C) groups is 1. The van der Waals surface area contributed by atoms with Gasteiger partial charge < -0.3 is 14.2 Å². The van der Waals surface area contributed by atoms with Gasteiger partial charge in [0.2, 0.25) is 0 Å². The van der Waals surface area contributed by atoms with Crippen LogP contribution in [0, 0.1) is 23.7 Å². The summed E-state index contributed by atoms with van der Waals surface area (Å²) in [6.45, 7) is 8.14. The van der Waals surface area contributed by atoms with Gasteiger partial charge in [-0.05, 0) is 69.9 Å². The molecule has 0 bridgehead atoms. The Kier molecular flexibility index (Phi) is 5.62. The lowest BCUT2D eigenvalue weighted by atomic mass is 9.74. The van der Waals surface area contributed by atoms with E-state index in [4.69, 9.17) is 24.5 Å². The molecule has 3 heterocycles. The number of aromatic nitrogens is 1.